The third-order valence-corrected chi connectivity index (χ3v) is 7.70. The molecular formula is C35H45N3O2. The highest BCUT2D eigenvalue weighted by Gasteiger charge is 2.31. The first-order valence-corrected chi connectivity index (χ1v) is 14.1. The molecule has 1 aliphatic rings. The molecular weight excluding hydrogens is 494 g/mol. The molecule has 212 valence electrons. The van der Waals surface area contributed by atoms with Crippen LogP contribution in [0.3, 0.4) is 0 Å². The van der Waals surface area contributed by atoms with Gasteiger partial charge in [-0.1, -0.05) is 87.9 Å². The van der Waals surface area contributed by atoms with Gasteiger partial charge in [0.1, 0.15) is 22.5 Å². The minimum Gasteiger partial charge on any atom is -0.507 e. The molecule has 1 aliphatic heterocycles. The Morgan fingerprint density at radius 1 is 0.650 bits per heavy atom. The number of hydrogen-bond acceptors (Lipinski definition) is 5. The van der Waals surface area contributed by atoms with Crippen molar-refractivity contribution in [1.82, 2.24) is 0 Å². The van der Waals surface area contributed by atoms with Crippen molar-refractivity contribution in [2.75, 3.05) is 0 Å². The molecule has 3 aromatic carbocycles. The molecule has 4 rings (SSSR count). The third-order valence-electron chi connectivity index (χ3n) is 7.70. The van der Waals surface area contributed by atoms with Gasteiger partial charge in [0.15, 0.2) is 0 Å². The van der Waals surface area contributed by atoms with Crippen LogP contribution in [0.25, 0.3) is 28.8 Å². The maximum atomic E-state index is 11.3. The van der Waals surface area contributed by atoms with E-state index in [0.717, 1.165) is 29.5 Å². The predicted molar refractivity (Wildman–Crippen MR) is 166 cm³/mol. The van der Waals surface area contributed by atoms with Crippen molar-refractivity contribution in [2.24, 2.45) is 26.3 Å². The van der Waals surface area contributed by atoms with Crippen LogP contribution in [-0.2, 0) is 10.8 Å². The molecule has 0 unspecified atom stereocenters. The number of hydrogen-bond donors (Lipinski definition) is 2. The van der Waals surface area contributed by atoms with Crippen LogP contribution in [0.2, 0.25) is 0 Å². The Hall–Kier alpha value is -3.47. The number of nitrogens with zero attached hydrogens (tertiary/aromatic N) is 3. The summed E-state index contributed by atoms with van der Waals surface area (Å²) in [6, 6.07) is 13.5. The average molecular weight is 540 g/mol. The maximum absolute atomic E-state index is 11.3. The number of fused-ring (bicyclic) bond motifs is 1. The molecule has 0 bridgehead atoms. The maximum Gasteiger partial charge on any atom is 0.124 e. The highest BCUT2D eigenvalue weighted by atomic mass is 16.3. The van der Waals surface area contributed by atoms with Crippen molar-refractivity contribution in [2.45, 2.75) is 92.9 Å². The molecule has 0 aromatic heterocycles. The number of benzene rings is 3. The largest absolute Gasteiger partial charge is 0.507 e. The Balaban J connectivity index is 2.02. The second-order valence-corrected chi connectivity index (χ2v) is 15.1. The Labute approximate surface area is 239 Å². The van der Waals surface area contributed by atoms with Crippen LogP contribution in [0.1, 0.15) is 93.2 Å². The molecule has 2 N–H and O–H groups in total. The van der Waals surface area contributed by atoms with Crippen molar-refractivity contribution in [3.63, 3.8) is 0 Å². The summed E-state index contributed by atoms with van der Waals surface area (Å²) in [5, 5.41) is 36.3. The van der Waals surface area contributed by atoms with Crippen molar-refractivity contribution in [3.8, 4) is 33.8 Å². The van der Waals surface area contributed by atoms with Gasteiger partial charge in [-0.2, -0.15) is 0 Å². The zero-order valence-corrected chi connectivity index (χ0v) is 25.9. The molecule has 3 aromatic rings. The topological polar surface area (TPSA) is 77.5 Å². The smallest absolute Gasteiger partial charge is 0.124 e. The van der Waals surface area contributed by atoms with Gasteiger partial charge in [-0.15, -0.1) is 10.2 Å². The SMILES string of the molecule is C=c1cc2c(c(-c3cc(C(C)(C)CC(C)(C)C)ccc3O)c1-c1cc(C(C)(C)CC(C)(C)C)ccc1O)=NN=N2. The molecule has 0 atom stereocenters. The zero-order chi connectivity index (χ0) is 29.8. The highest BCUT2D eigenvalue weighted by Crippen LogP contribution is 2.44. The second-order valence-electron chi connectivity index (χ2n) is 15.1. The lowest BCUT2D eigenvalue weighted by Gasteiger charge is -2.34. The highest BCUT2D eigenvalue weighted by molar-refractivity contribution is 5.90. The summed E-state index contributed by atoms with van der Waals surface area (Å²) >= 11 is 0. The normalized spacial score (nSPS) is 13.8. The van der Waals surface area contributed by atoms with Crippen LogP contribution in [-0.4, -0.2) is 10.2 Å². The van der Waals surface area contributed by atoms with Crippen molar-refractivity contribution < 1.29 is 10.2 Å². The second kappa shape index (κ2) is 9.87. The molecule has 0 fully saturated rings. The number of phenols is 2. The van der Waals surface area contributed by atoms with Crippen LogP contribution >= 0.6 is 0 Å². The lowest BCUT2D eigenvalue weighted by Crippen LogP contribution is -2.25. The van der Waals surface area contributed by atoms with Crippen molar-refractivity contribution in [3.05, 3.63) is 64.2 Å². The fourth-order valence-corrected chi connectivity index (χ4v) is 6.75. The van der Waals surface area contributed by atoms with E-state index in [1.807, 2.05) is 18.2 Å². The van der Waals surface area contributed by atoms with E-state index in [2.05, 4.69) is 103 Å². The Kier molecular flexibility index (Phi) is 7.28. The van der Waals surface area contributed by atoms with Crippen LogP contribution in [0.5, 0.6) is 11.5 Å². The van der Waals surface area contributed by atoms with Gasteiger partial charge in [0.2, 0.25) is 0 Å². The standard InChI is InChI=1S/C35H45N3O2/c1-21-16-26-31(37-38-36-26)30(25-18-23(13-15-28(25)40)35(10,11)20-33(5,6)7)29(21)24-17-22(12-14-27(24)39)34(8,9)19-32(2,3)4/h12-18,39-40H,1,19-20H2,2-11H3. The number of phenolic OH excluding ortho intramolecular Hbond substituents is 2. The summed E-state index contributed by atoms with van der Waals surface area (Å²) in [5.74, 6) is 0.284. The minimum absolute atomic E-state index is 0.125. The van der Waals surface area contributed by atoms with E-state index in [0.29, 0.717) is 33.0 Å². The van der Waals surface area contributed by atoms with Gasteiger partial charge in [-0.25, -0.2) is 0 Å². The van der Waals surface area contributed by atoms with Crippen molar-refractivity contribution in [1.29, 1.82) is 0 Å². The molecule has 0 saturated carbocycles. The molecule has 5 heteroatoms. The summed E-state index contributed by atoms with van der Waals surface area (Å²) in [6.45, 7) is 26.8. The summed E-state index contributed by atoms with van der Waals surface area (Å²) in [7, 11) is 0. The first kappa shape index (κ1) is 29.5. The van der Waals surface area contributed by atoms with E-state index in [1.54, 1.807) is 12.1 Å². The van der Waals surface area contributed by atoms with Gasteiger partial charge >= 0.3 is 0 Å². The lowest BCUT2D eigenvalue weighted by molar-refractivity contribution is 0.283. The van der Waals surface area contributed by atoms with Crippen LogP contribution in [0.4, 0.5) is 5.69 Å². The third kappa shape index (κ3) is 5.99. The molecule has 5 nitrogen and oxygen atoms in total. The fourth-order valence-electron chi connectivity index (χ4n) is 6.75. The minimum atomic E-state index is -0.142. The first-order chi connectivity index (χ1) is 18.3. The lowest BCUT2D eigenvalue weighted by atomic mass is 9.71. The molecule has 0 radical (unpaired) electrons. The van der Waals surface area contributed by atoms with Gasteiger partial charge in [-0.3, -0.25) is 0 Å². The molecule has 0 saturated heterocycles. The number of rotatable bonds is 6. The van der Waals surface area contributed by atoms with Crippen LogP contribution < -0.4 is 10.6 Å². The van der Waals surface area contributed by atoms with Crippen LogP contribution in [0, 0.1) is 10.8 Å². The van der Waals surface area contributed by atoms with E-state index in [9.17, 15) is 10.2 Å². The molecule has 0 spiro atoms. The van der Waals surface area contributed by atoms with E-state index in [-0.39, 0.29) is 33.2 Å². The van der Waals surface area contributed by atoms with Crippen molar-refractivity contribution >= 4 is 12.3 Å². The summed E-state index contributed by atoms with van der Waals surface area (Å²) in [5.41, 5.74) is 5.51. The van der Waals surface area contributed by atoms with Gasteiger partial charge < -0.3 is 10.2 Å². The Morgan fingerprint density at radius 3 is 1.55 bits per heavy atom. The monoisotopic (exact) mass is 539 g/mol. The quantitative estimate of drug-likeness (QED) is 0.328. The van der Waals surface area contributed by atoms with Gasteiger partial charge in [-0.05, 0) is 86.4 Å². The molecule has 1 heterocycles. The van der Waals surface area contributed by atoms with Crippen LogP contribution in [0.15, 0.2) is 57.9 Å². The predicted octanol–water partition coefficient (Wildman–Crippen LogP) is 8.90. The average Bonchev–Trinajstić information content (AvgIpc) is 3.24. The zero-order valence-electron chi connectivity index (χ0n) is 25.9. The fraction of sp³-hybridized carbons (Fsp3) is 0.457. The van der Waals surface area contributed by atoms with Gasteiger partial charge in [0.25, 0.3) is 0 Å². The summed E-state index contributed by atoms with van der Waals surface area (Å²) in [6.07, 6.45) is 1.93. The molecule has 0 amide bonds. The Bertz CT molecular complexity index is 1600. The summed E-state index contributed by atoms with van der Waals surface area (Å²) < 4.78 is 0. The Morgan fingerprint density at radius 2 is 1.10 bits per heavy atom. The summed E-state index contributed by atoms with van der Waals surface area (Å²) in [4.78, 5) is 0. The molecule has 0 aliphatic carbocycles. The first-order valence-electron chi connectivity index (χ1n) is 14.1. The van der Waals surface area contributed by atoms with Gasteiger partial charge in [0, 0.05) is 22.3 Å². The molecule has 40 heavy (non-hydrogen) atoms. The van der Waals surface area contributed by atoms with E-state index in [1.165, 1.54) is 0 Å². The van der Waals surface area contributed by atoms with E-state index >= 15 is 0 Å². The van der Waals surface area contributed by atoms with Gasteiger partial charge in [0.05, 0.1) is 0 Å². The van der Waals surface area contributed by atoms with E-state index in [4.69, 9.17) is 0 Å². The number of aromatic hydroxyl groups is 2. The van der Waals surface area contributed by atoms with E-state index < -0.39 is 0 Å².